The molecule has 2 nitrogen and oxygen atoms in total. The first-order chi connectivity index (χ1) is 5.91. The molecule has 0 saturated carbocycles. The summed E-state index contributed by atoms with van der Waals surface area (Å²) in [6.45, 7) is 0. The van der Waals surface area contributed by atoms with Gasteiger partial charge >= 0.3 is 13.3 Å². The van der Waals surface area contributed by atoms with Gasteiger partial charge in [-0.05, 0) is 11.9 Å². The Morgan fingerprint density at radius 2 is 2.00 bits per heavy atom. The van der Waals surface area contributed by atoms with Crippen LogP contribution in [0, 0.1) is 5.92 Å². The fourth-order valence-electron chi connectivity index (χ4n) is 1.12. The average Bonchev–Trinajstić information content (AvgIpc) is 2.03. The third-order valence-corrected chi connectivity index (χ3v) is 1.86. The maximum Gasteiger partial charge on any atom is 0.484 e. The van der Waals surface area contributed by atoms with Gasteiger partial charge in [0.05, 0.1) is 5.92 Å². The Morgan fingerprint density at radius 1 is 1.38 bits per heavy atom. The third kappa shape index (κ3) is 2.60. The zero-order valence-electron chi connectivity index (χ0n) is 6.62. The van der Waals surface area contributed by atoms with Gasteiger partial charge in [-0.25, -0.2) is 0 Å². The Morgan fingerprint density at radius 3 is 2.46 bits per heavy atom. The minimum Gasteiger partial charge on any atom is -0.423 e. The van der Waals surface area contributed by atoms with Crippen LogP contribution in [0.5, 0.6) is 0 Å². The van der Waals surface area contributed by atoms with E-state index in [0.29, 0.717) is 0 Å². The van der Waals surface area contributed by atoms with Crippen molar-refractivity contribution in [3.8, 4) is 0 Å². The van der Waals surface area contributed by atoms with Crippen LogP contribution >= 0.6 is 0 Å². The molecule has 2 N–H and O–H groups in total. The lowest BCUT2D eigenvalue weighted by Crippen LogP contribution is -2.27. The number of halogens is 3. The summed E-state index contributed by atoms with van der Waals surface area (Å²) < 4.78 is 36.4. The maximum absolute atomic E-state index is 12.1. The molecule has 13 heavy (non-hydrogen) atoms. The minimum absolute atomic E-state index is 0.00942. The third-order valence-electron chi connectivity index (χ3n) is 1.86. The molecule has 1 aliphatic carbocycles. The molecule has 0 aromatic carbocycles. The van der Waals surface area contributed by atoms with Crippen LogP contribution in [0.4, 0.5) is 13.2 Å². The van der Waals surface area contributed by atoms with Crippen molar-refractivity contribution in [3.63, 3.8) is 0 Å². The van der Waals surface area contributed by atoms with Gasteiger partial charge in [-0.3, -0.25) is 0 Å². The van der Waals surface area contributed by atoms with Crippen molar-refractivity contribution in [1.82, 2.24) is 0 Å². The number of hydrogen-bond acceptors (Lipinski definition) is 2. The zero-order chi connectivity index (χ0) is 10.1. The van der Waals surface area contributed by atoms with Gasteiger partial charge in [0.1, 0.15) is 0 Å². The molecule has 0 spiro atoms. The highest BCUT2D eigenvalue weighted by atomic mass is 19.4. The highest BCUT2D eigenvalue weighted by Gasteiger charge is 2.39. The Labute approximate surface area is 73.5 Å². The van der Waals surface area contributed by atoms with Crippen LogP contribution in [0.2, 0.25) is 0 Å². The van der Waals surface area contributed by atoms with Crippen LogP contribution in [-0.2, 0) is 0 Å². The Kier molecular flexibility index (Phi) is 2.82. The van der Waals surface area contributed by atoms with Crippen LogP contribution in [0.15, 0.2) is 23.7 Å². The molecule has 1 aliphatic rings. The van der Waals surface area contributed by atoms with Crippen molar-refractivity contribution in [2.75, 3.05) is 0 Å². The lowest BCUT2D eigenvalue weighted by atomic mass is 9.72. The van der Waals surface area contributed by atoms with Gasteiger partial charge < -0.3 is 10.0 Å². The quantitative estimate of drug-likeness (QED) is 0.609. The standard InChI is InChI=1S/C7H8BF3O2/c9-7(10,11)5-2-1-3-6(4-5)8(12)13/h1-3,5,12-13H,4H2. The molecule has 6 heteroatoms. The van der Waals surface area contributed by atoms with E-state index in [1.165, 1.54) is 12.2 Å². The van der Waals surface area contributed by atoms with Crippen molar-refractivity contribution in [2.45, 2.75) is 12.6 Å². The molecular weight excluding hydrogens is 184 g/mol. The van der Waals surface area contributed by atoms with Crippen LogP contribution in [-0.4, -0.2) is 23.3 Å². The fraction of sp³-hybridized carbons (Fsp3) is 0.429. The molecule has 0 radical (unpaired) electrons. The van der Waals surface area contributed by atoms with E-state index in [9.17, 15) is 13.2 Å². The smallest absolute Gasteiger partial charge is 0.423 e. The Balaban J connectivity index is 2.70. The second kappa shape index (κ2) is 3.55. The van der Waals surface area contributed by atoms with Crippen molar-refractivity contribution in [1.29, 1.82) is 0 Å². The summed E-state index contributed by atoms with van der Waals surface area (Å²) in [5, 5.41) is 17.3. The lowest BCUT2D eigenvalue weighted by molar-refractivity contribution is -0.160. The van der Waals surface area contributed by atoms with E-state index >= 15 is 0 Å². The summed E-state index contributed by atoms with van der Waals surface area (Å²) >= 11 is 0. The first kappa shape index (κ1) is 10.3. The monoisotopic (exact) mass is 192 g/mol. The van der Waals surface area contributed by atoms with Crippen molar-refractivity contribution >= 4 is 7.12 Å². The number of allylic oxidation sites excluding steroid dienone is 4. The summed E-state index contributed by atoms with van der Waals surface area (Å²) in [7, 11) is -1.80. The van der Waals surface area contributed by atoms with E-state index in [2.05, 4.69) is 0 Å². The summed E-state index contributed by atoms with van der Waals surface area (Å²) in [4.78, 5) is 0. The predicted molar refractivity (Wildman–Crippen MR) is 41.6 cm³/mol. The van der Waals surface area contributed by atoms with E-state index < -0.39 is 19.2 Å². The number of rotatable bonds is 1. The molecule has 0 amide bonds. The van der Waals surface area contributed by atoms with E-state index in [-0.39, 0.29) is 11.9 Å². The van der Waals surface area contributed by atoms with Crippen LogP contribution in [0.3, 0.4) is 0 Å². The molecular formula is C7H8BF3O2. The van der Waals surface area contributed by atoms with Crippen LogP contribution in [0.25, 0.3) is 0 Å². The van der Waals surface area contributed by atoms with Gasteiger partial charge in [-0.15, -0.1) is 0 Å². The second-order valence-electron chi connectivity index (χ2n) is 2.85. The van der Waals surface area contributed by atoms with E-state index in [4.69, 9.17) is 10.0 Å². The molecule has 0 aromatic heterocycles. The summed E-state index contributed by atoms with van der Waals surface area (Å²) in [5.74, 6) is -1.60. The molecule has 0 aromatic rings. The predicted octanol–water partition coefficient (Wildman–Crippen LogP) is 1.06. The van der Waals surface area contributed by atoms with E-state index in [1.54, 1.807) is 0 Å². The molecule has 0 fully saturated rings. The van der Waals surface area contributed by atoms with Gasteiger partial charge in [0.2, 0.25) is 0 Å². The lowest BCUT2D eigenvalue weighted by Gasteiger charge is -2.20. The fourth-order valence-corrected chi connectivity index (χ4v) is 1.12. The van der Waals surface area contributed by atoms with Crippen molar-refractivity contribution in [2.24, 2.45) is 5.92 Å². The number of alkyl halides is 3. The maximum atomic E-state index is 12.1. The number of hydrogen-bond donors (Lipinski definition) is 2. The first-order valence-corrected chi connectivity index (χ1v) is 3.71. The molecule has 1 rings (SSSR count). The van der Waals surface area contributed by atoms with Gasteiger partial charge in [-0.2, -0.15) is 13.2 Å². The molecule has 1 unspecified atom stereocenters. The summed E-state index contributed by atoms with van der Waals surface area (Å²) in [6.07, 6.45) is -1.21. The highest BCUT2D eigenvalue weighted by molar-refractivity contribution is 6.50. The highest BCUT2D eigenvalue weighted by Crippen LogP contribution is 2.34. The summed E-state index contributed by atoms with van der Waals surface area (Å²) in [6, 6.07) is 0. The SMILES string of the molecule is OB(O)C1=CC=CC(C(F)(F)F)C1. The second-order valence-corrected chi connectivity index (χ2v) is 2.85. The van der Waals surface area contributed by atoms with Gasteiger partial charge in [0.25, 0.3) is 0 Å². The van der Waals surface area contributed by atoms with Crippen LogP contribution in [0.1, 0.15) is 6.42 Å². The molecule has 0 bridgehead atoms. The molecule has 0 heterocycles. The van der Waals surface area contributed by atoms with Gasteiger partial charge in [0, 0.05) is 0 Å². The topological polar surface area (TPSA) is 40.5 Å². The van der Waals surface area contributed by atoms with Crippen LogP contribution < -0.4 is 0 Å². The molecule has 1 atom stereocenters. The molecule has 0 saturated heterocycles. The normalized spacial score (nSPS) is 22.8. The average molecular weight is 192 g/mol. The molecule has 72 valence electrons. The van der Waals surface area contributed by atoms with Crippen molar-refractivity contribution < 1.29 is 23.2 Å². The Bertz CT molecular complexity index is 245. The van der Waals surface area contributed by atoms with E-state index in [1.807, 2.05) is 0 Å². The zero-order valence-corrected chi connectivity index (χ0v) is 6.62. The molecule has 0 aliphatic heterocycles. The van der Waals surface area contributed by atoms with Gasteiger partial charge in [0.15, 0.2) is 0 Å². The summed E-state index contributed by atoms with van der Waals surface area (Å²) in [5.41, 5.74) is -0.00942. The first-order valence-electron chi connectivity index (χ1n) is 3.71. The van der Waals surface area contributed by atoms with E-state index in [0.717, 1.165) is 6.08 Å². The minimum atomic E-state index is -4.31. The van der Waals surface area contributed by atoms with Gasteiger partial charge in [-0.1, -0.05) is 18.2 Å². The Hall–Kier alpha value is -0.745. The van der Waals surface area contributed by atoms with Crippen molar-refractivity contribution in [3.05, 3.63) is 23.7 Å². The largest absolute Gasteiger partial charge is 0.484 e.